The van der Waals surface area contributed by atoms with Gasteiger partial charge in [-0.3, -0.25) is 4.79 Å². The number of thiol groups is 1. The van der Waals surface area contributed by atoms with Crippen molar-refractivity contribution in [3.63, 3.8) is 0 Å². The van der Waals surface area contributed by atoms with Crippen molar-refractivity contribution in [1.29, 1.82) is 0 Å². The van der Waals surface area contributed by atoms with E-state index in [4.69, 9.17) is 0 Å². The molecule has 80 valence electrons. The summed E-state index contributed by atoms with van der Waals surface area (Å²) in [5.74, 6) is 0.177. The molecule has 0 spiro atoms. The molecule has 1 atom stereocenters. The first-order valence-corrected chi connectivity index (χ1v) is 6.58. The third kappa shape index (κ3) is 2.16. The van der Waals surface area contributed by atoms with Crippen LogP contribution in [0.2, 0.25) is 0 Å². The SMILES string of the molecule is CSc1ccccc1N1CC(S)CC1=O. The Morgan fingerprint density at radius 1 is 1.47 bits per heavy atom. The second kappa shape index (κ2) is 4.49. The maximum absolute atomic E-state index is 11.7. The van der Waals surface area contributed by atoms with Gasteiger partial charge in [0.2, 0.25) is 5.91 Å². The summed E-state index contributed by atoms with van der Waals surface area (Å²) < 4.78 is 0. The number of rotatable bonds is 2. The molecule has 0 radical (unpaired) electrons. The van der Waals surface area contributed by atoms with Crippen LogP contribution >= 0.6 is 24.4 Å². The summed E-state index contributed by atoms with van der Waals surface area (Å²) in [6.07, 6.45) is 2.57. The van der Waals surface area contributed by atoms with Crippen LogP contribution in [0.4, 0.5) is 5.69 Å². The van der Waals surface area contributed by atoms with Gasteiger partial charge in [-0.15, -0.1) is 11.8 Å². The third-order valence-electron chi connectivity index (χ3n) is 2.48. The van der Waals surface area contributed by atoms with Crippen molar-refractivity contribution in [2.75, 3.05) is 17.7 Å². The number of nitrogens with zero attached hydrogens (tertiary/aromatic N) is 1. The Bertz CT molecular complexity index is 381. The molecule has 0 aromatic heterocycles. The molecule has 1 aliphatic heterocycles. The van der Waals surface area contributed by atoms with E-state index in [1.807, 2.05) is 35.4 Å². The van der Waals surface area contributed by atoms with Crippen molar-refractivity contribution >= 4 is 36.0 Å². The molecule has 0 saturated carbocycles. The van der Waals surface area contributed by atoms with E-state index in [2.05, 4.69) is 12.6 Å². The molecule has 1 saturated heterocycles. The minimum atomic E-state index is 0.174. The lowest BCUT2D eigenvalue weighted by molar-refractivity contribution is -0.117. The number of thioether (sulfide) groups is 1. The summed E-state index contributed by atoms with van der Waals surface area (Å²) in [6, 6.07) is 8.00. The summed E-state index contributed by atoms with van der Waals surface area (Å²) in [5, 5.41) is 0.174. The molecule has 1 amide bonds. The van der Waals surface area contributed by atoms with E-state index in [1.54, 1.807) is 11.8 Å². The summed E-state index contributed by atoms with van der Waals surface area (Å²) in [7, 11) is 0. The largest absolute Gasteiger partial charge is 0.310 e. The van der Waals surface area contributed by atoms with Crippen molar-refractivity contribution in [2.24, 2.45) is 0 Å². The van der Waals surface area contributed by atoms with Gasteiger partial charge in [0.15, 0.2) is 0 Å². The Balaban J connectivity index is 2.33. The van der Waals surface area contributed by atoms with Crippen LogP contribution in [0.25, 0.3) is 0 Å². The fourth-order valence-electron chi connectivity index (χ4n) is 1.77. The molecule has 0 bridgehead atoms. The van der Waals surface area contributed by atoms with E-state index in [1.165, 1.54) is 0 Å². The molecule has 1 aliphatic rings. The molecule has 4 heteroatoms. The van der Waals surface area contributed by atoms with E-state index in [-0.39, 0.29) is 11.2 Å². The van der Waals surface area contributed by atoms with Crippen molar-refractivity contribution in [2.45, 2.75) is 16.6 Å². The number of amides is 1. The van der Waals surface area contributed by atoms with Crippen molar-refractivity contribution < 1.29 is 4.79 Å². The lowest BCUT2D eigenvalue weighted by Gasteiger charge is -2.18. The van der Waals surface area contributed by atoms with Gasteiger partial charge >= 0.3 is 0 Å². The van der Waals surface area contributed by atoms with Gasteiger partial charge in [-0.1, -0.05) is 12.1 Å². The number of hydrogen-bond donors (Lipinski definition) is 1. The Hall–Kier alpha value is -0.610. The van der Waals surface area contributed by atoms with E-state index >= 15 is 0 Å². The van der Waals surface area contributed by atoms with Gasteiger partial charge in [0.05, 0.1) is 5.69 Å². The van der Waals surface area contributed by atoms with Crippen LogP contribution in [0, 0.1) is 0 Å². The van der Waals surface area contributed by atoms with Crippen LogP contribution in [0.15, 0.2) is 29.2 Å². The van der Waals surface area contributed by atoms with Crippen LogP contribution in [0.5, 0.6) is 0 Å². The molecular weight excluding hydrogens is 226 g/mol. The van der Waals surface area contributed by atoms with Gasteiger partial charge in [0.25, 0.3) is 0 Å². The van der Waals surface area contributed by atoms with E-state index in [9.17, 15) is 4.79 Å². The van der Waals surface area contributed by atoms with Gasteiger partial charge in [-0.05, 0) is 18.4 Å². The number of benzene rings is 1. The monoisotopic (exact) mass is 239 g/mol. The highest BCUT2D eigenvalue weighted by Gasteiger charge is 2.29. The van der Waals surface area contributed by atoms with Crippen LogP contribution in [-0.4, -0.2) is 24.0 Å². The number of carbonyl (C=O) groups is 1. The normalized spacial score (nSPS) is 21.1. The highest BCUT2D eigenvalue weighted by atomic mass is 32.2. The third-order valence-corrected chi connectivity index (χ3v) is 3.61. The van der Waals surface area contributed by atoms with E-state index in [0.717, 1.165) is 17.1 Å². The summed E-state index contributed by atoms with van der Waals surface area (Å²) in [4.78, 5) is 14.7. The molecule has 1 unspecified atom stereocenters. The minimum Gasteiger partial charge on any atom is -0.310 e. The molecule has 0 aliphatic carbocycles. The molecule has 1 aromatic rings. The Morgan fingerprint density at radius 3 is 2.80 bits per heavy atom. The highest BCUT2D eigenvalue weighted by molar-refractivity contribution is 7.98. The van der Waals surface area contributed by atoms with E-state index < -0.39 is 0 Å². The van der Waals surface area contributed by atoms with Crippen molar-refractivity contribution in [3.8, 4) is 0 Å². The van der Waals surface area contributed by atoms with Crippen LogP contribution in [0.3, 0.4) is 0 Å². The van der Waals surface area contributed by atoms with Crippen LogP contribution < -0.4 is 4.90 Å². The average Bonchev–Trinajstić information content (AvgIpc) is 2.57. The first-order valence-electron chi connectivity index (χ1n) is 4.84. The number of anilines is 1. The fraction of sp³-hybridized carbons (Fsp3) is 0.364. The molecule has 1 heterocycles. The first-order chi connectivity index (χ1) is 7.22. The zero-order chi connectivity index (χ0) is 10.8. The number of hydrogen-bond acceptors (Lipinski definition) is 3. The topological polar surface area (TPSA) is 20.3 Å². The number of carbonyl (C=O) groups excluding carboxylic acids is 1. The maximum atomic E-state index is 11.7. The van der Waals surface area contributed by atoms with Crippen LogP contribution in [0.1, 0.15) is 6.42 Å². The van der Waals surface area contributed by atoms with Gasteiger partial charge in [0.1, 0.15) is 0 Å². The molecule has 2 rings (SSSR count). The molecule has 1 aromatic carbocycles. The van der Waals surface area contributed by atoms with Crippen LogP contribution in [-0.2, 0) is 4.79 Å². The van der Waals surface area contributed by atoms with E-state index in [0.29, 0.717) is 6.42 Å². The predicted molar refractivity (Wildman–Crippen MR) is 68.0 cm³/mol. The molecule has 0 N–H and O–H groups in total. The van der Waals surface area contributed by atoms with Gasteiger partial charge in [-0.2, -0.15) is 12.6 Å². The molecular formula is C11H13NOS2. The van der Waals surface area contributed by atoms with Gasteiger partial charge in [0, 0.05) is 23.1 Å². The molecule has 2 nitrogen and oxygen atoms in total. The molecule has 1 fully saturated rings. The average molecular weight is 239 g/mol. The predicted octanol–water partition coefficient (Wildman–Crippen LogP) is 2.44. The first kappa shape index (κ1) is 10.9. The van der Waals surface area contributed by atoms with Crippen molar-refractivity contribution in [3.05, 3.63) is 24.3 Å². The minimum absolute atomic E-state index is 0.174. The highest BCUT2D eigenvalue weighted by Crippen LogP contribution is 2.32. The number of para-hydroxylation sites is 1. The summed E-state index contributed by atoms with van der Waals surface area (Å²) in [5.41, 5.74) is 1.02. The second-order valence-electron chi connectivity index (χ2n) is 3.53. The lowest BCUT2D eigenvalue weighted by atomic mass is 10.3. The second-order valence-corrected chi connectivity index (χ2v) is 5.11. The smallest absolute Gasteiger partial charge is 0.228 e. The lowest BCUT2D eigenvalue weighted by Crippen LogP contribution is -2.25. The zero-order valence-corrected chi connectivity index (χ0v) is 10.2. The maximum Gasteiger partial charge on any atom is 0.228 e. The summed E-state index contributed by atoms with van der Waals surface area (Å²) >= 11 is 6.02. The Morgan fingerprint density at radius 2 is 2.20 bits per heavy atom. The van der Waals surface area contributed by atoms with Crippen molar-refractivity contribution in [1.82, 2.24) is 0 Å². The Labute approximate surface area is 99.4 Å². The fourth-order valence-corrected chi connectivity index (χ4v) is 2.70. The van der Waals surface area contributed by atoms with Gasteiger partial charge < -0.3 is 4.90 Å². The zero-order valence-electron chi connectivity index (χ0n) is 8.51. The summed E-state index contributed by atoms with van der Waals surface area (Å²) in [6.45, 7) is 0.722. The van der Waals surface area contributed by atoms with Gasteiger partial charge in [-0.25, -0.2) is 0 Å². The quantitative estimate of drug-likeness (QED) is 0.632. The molecule has 15 heavy (non-hydrogen) atoms. The Kier molecular flexibility index (Phi) is 3.26. The standard InChI is InChI=1S/C11H13NOS2/c1-15-10-5-3-2-4-9(10)12-7-8(14)6-11(12)13/h2-5,8,14H,6-7H2,1H3.